The number of Topliss-reactive ketones (excluding diaryl/α,β-unsaturated/α-hetero) is 1. The molecule has 1 aliphatic heterocycles. The Morgan fingerprint density at radius 1 is 0.914 bits per heavy atom. The van der Waals surface area contributed by atoms with E-state index < -0.39 is 0 Å². The second-order valence-electron chi connectivity index (χ2n) is 10.0. The summed E-state index contributed by atoms with van der Waals surface area (Å²) in [6.07, 6.45) is 7.72. The van der Waals surface area contributed by atoms with Gasteiger partial charge in [-0.25, -0.2) is 0 Å². The molecule has 4 aromatic rings. The highest BCUT2D eigenvalue weighted by Crippen LogP contribution is 2.28. The van der Waals surface area contributed by atoms with E-state index in [0.717, 1.165) is 59.5 Å². The first kappa shape index (κ1) is 23.3. The van der Waals surface area contributed by atoms with Gasteiger partial charge in [-0.2, -0.15) is 5.10 Å². The zero-order chi connectivity index (χ0) is 24.6. The summed E-state index contributed by atoms with van der Waals surface area (Å²) in [5.41, 5.74) is 4.31. The van der Waals surface area contributed by atoms with Crippen molar-refractivity contribution in [2.75, 3.05) is 33.2 Å². The highest BCUT2D eigenvalue weighted by Gasteiger charge is 2.32. The Balaban J connectivity index is 1.36. The molecule has 0 saturated carbocycles. The molecule has 180 valence electrons. The minimum atomic E-state index is -0.235. The van der Waals surface area contributed by atoms with Gasteiger partial charge in [-0.3, -0.25) is 24.3 Å². The molecule has 7 nitrogen and oxygen atoms in total. The summed E-state index contributed by atoms with van der Waals surface area (Å²) in [5.74, 6) is 0.0538. The van der Waals surface area contributed by atoms with Gasteiger partial charge in [-0.15, -0.1) is 0 Å². The Morgan fingerprint density at radius 2 is 1.71 bits per heavy atom. The minimum absolute atomic E-state index is 0.0538. The number of aromatic nitrogens is 4. The number of aryl methyl sites for hydroxylation is 1. The van der Waals surface area contributed by atoms with E-state index in [1.165, 1.54) is 0 Å². The lowest BCUT2D eigenvalue weighted by Gasteiger charge is -2.43. The summed E-state index contributed by atoms with van der Waals surface area (Å²) in [7, 11) is 4.07. The molecule has 7 heteroatoms. The van der Waals surface area contributed by atoms with Crippen molar-refractivity contribution in [3.05, 3.63) is 78.1 Å². The number of hydrogen-bond donors (Lipinski definition) is 0. The normalized spacial score (nSPS) is 15.5. The van der Waals surface area contributed by atoms with Crippen molar-refractivity contribution in [3.8, 4) is 11.1 Å². The summed E-state index contributed by atoms with van der Waals surface area (Å²) < 4.78 is 1.80. The van der Waals surface area contributed by atoms with Gasteiger partial charge in [0.2, 0.25) is 0 Å². The molecule has 0 atom stereocenters. The predicted molar refractivity (Wildman–Crippen MR) is 138 cm³/mol. The summed E-state index contributed by atoms with van der Waals surface area (Å²) in [5, 5.41) is 6.39. The molecule has 5 rings (SSSR count). The van der Waals surface area contributed by atoms with E-state index in [2.05, 4.69) is 64.0 Å². The van der Waals surface area contributed by atoms with E-state index in [9.17, 15) is 4.79 Å². The van der Waals surface area contributed by atoms with Gasteiger partial charge >= 0.3 is 0 Å². The number of rotatable bonds is 6. The van der Waals surface area contributed by atoms with Gasteiger partial charge in [0.15, 0.2) is 5.78 Å². The molecular formula is C28H32N6O. The number of likely N-dealkylation sites (N-methyl/N-ethyl adjacent to an activating group) is 1. The van der Waals surface area contributed by atoms with E-state index >= 15 is 0 Å². The lowest BCUT2D eigenvalue weighted by atomic mass is 9.94. The van der Waals surface area contributed by atoms with Crippen molar-refractivity contribution in [1.82, 2.24) is 29.5 Å². The number of nitrogens with zero attached hydrogens (tertiary/aromatic N) is 6. The molecule has 0 spiro atoms. The monoisotopic (exact) mass is 468 g/mol. The topological polar surface area (TPSA) is 67.2 Å². The van der Waals surface area contributed by atoms with Crippen molar-refractivity contribution >= 4 is 16.6 Å². The van der Waals surface area contributed by atoms with E-state index in [0.29, 0.717) is 5.56 Å². The molecule has 4 heterocycles. The van der Waals surface area contributed by atoms with Crippen LogP contribution in [0.5, 0.6) is 0 Å². The molecule has 1 saturated heterocycles. The fourth-order valence-corrected chi connectivity index (χ4v) is 4.77. The average molecular weight is 469 g/mol. The number of pyridine rings is 2. The Morgan fingerprint density at radius 3 is 2.46 bits per heavy atom. The highest BCUT2D eigenvalue weighted by molar-refractivity contribution is 5.98. The molecule has 1 aliphatic rings. The lowest BCUT2D eigenvalue weighted by molar-refractivity contribution is 0.0579. The molecule has 0 aliphatic carbocycles. The van der Waals surface area contributed by atoms with Gasteiger partial charge in [0.05, 0.1) is 23.9 Å². The SMILES string of the molecule is CN1CCN(C(C)(C)c2cc(C(=O)Cc3cc4cc(-c5cnn(C)c5)ccc4cn3)ccn2)CC1. The third-order valence-electron chi connectivity index (χ3n) is 7.16. The Bertz CT molecular complexity index is 1370. The molecule has 0 N–H and O–H groups in total. The summed E-state index contributed by atoms with van der Waals surface area (Å²) in [4.78, 5) is 27.2. The molecule has 35 heavy (non-hydrogen) atoms. The summed E-state index contributed by atoms with van der Waals surface area (Å²) in [6.45, 7) is 8.45. The van der Waals surface area contributed by atoms with Crippen molar-refractivity contribution < 1.29 is 4.79 Å². The van der Waals surface area contributed by atoms with Crippen LogP contribution in [-0.2, 0) is 19.0 Å². The molecule has 1 aromatic carbocycles. The standard InChI is InChI=1S/C28H32N6O/c1-28(2,34-11-9-32(3)10-12-34)27-15-21(7-8-29-27)26(35)16-25-14-23-13-20(5-6-22(23)17-30-25)24-18-31-33(4)19-24/h5-8,13-15,17-19H,9-12,16H2,1-4H3. The van der Waals surface area contributed by atoms with Gasteiger partial charge in [-0.1, -0.05) is 12.1 Å². The Labute approximate surface area is 206 Å². The number of fused-ring (bicyclic) bond motifs is 1. The molecule has 3 aromatic heterocycles. The minimum Gasteiger partial charge on any atom is -0.304 e. The smallest absolute Gasteiger partial charge is 0.168 e. The van der Waals surface area contributed by atoms with Crippen molar-refractivity contribution in [3.63, 3.8) is 0 Å². The van der Waals surface area contributed by atoms with Crippen LogP contribution in [-0.4, -0.2) is 68.6 Å². The van der Waals surface area contributed by atoms with E-state index in [1.54, 1.807) is 10.9 Å². The van der Waals surface area contributed by atoms with Crippen LogP contribution >= 0.6 is 0 Å². The third-order valence-corrected chi connectivity index (χ3v) is 7.16. The fraction of sp³-hybridized carbons (Fsp3) is 0.357. The summed E-state index contributed by atoms with van der Waals surface area (Å²) in [6, 6.07) is 12.1. The van der Waals surface area contributed by atoms with Gasteiger partial charge < -0.3 is 4.90 Å². The molecule has 1 fully saturated rings. The number of hydrogen-bond acceptors (Lipinski definition) is 6. The van der Waals surface area contributed by atoms with Crippen LogP contribution in [0.25, 0.3) is 21.9 Å². The predicted octanol–water partition coefficient (Wildman–Crippen LogP) is 3.94. The van der Waals surface area contributed by atoms with Crippen molar-refractivity contribution in [1.29, 1.82) is 0 Å². The Hall–Kier alpha value is -3.42. The lowest BCUT2D eigenvalue weighted by Crippen LogP contribution is -2.52. The first-order valence-corrected chi connectivity index (χ1v) is 12.1. The van der Waals surface area contributed by atoms with Crippen LogP contribution in [0, 0.1) is 0 Å². The van der Waals surface area contributed by atoms with E-state index in [-0.39, 0.29) is 17.7 Å². The van der Waals surface area contributed by atoms with Crippen LogP contribution in [0.4, 0.5) is 0 Å². The first-order valence-electron chi connectivity index (χ1n) is 12.1. The van der Waals surface area contributed by atoms with Gasteiger partial charge in [0, 0.05) is 74.0 Å². The first-order chi connectivity index (χ1) is 16.8. The second-order valence-corrected chi connectivity index (χ2v) is 10.0. The highest BCUT2D eigenvalue weighted by atomic mass is 16.1. The van der Waals surface area contributed by atoms with Crippen LogP contribution in [0.3, 0.4) is 0 Å². The van der Waals surface area contributed by atoms with Gasteiger partial charge in [0.1, 0.15) is 0 Å². The molecule has 0 radical (unpaired) electrons. The third kappa shape index (κ3) is 4.88. The molecule has 0 amide bonds. The van der Waals surface area contributed by atoms with Crippen molar-refractivity contribution in [2.24, 2.45) is 7.05 Å². The maximum Gasteiger partial charge on any atom is 0.168 e. The van der Waals surface area contributed by atoms with Crippen LogP contribution in [0.1, 0.15) is 35.6 Å². The number of carbonyl (C=O) groups is 1. The number of carbonyl (C=O) groups excluding carboxylic acids is 1. The van der Waals surface area contributed by atoms with E-state index in [1.807, 2.05) is 43.8 Å². The quantitative estimate of drug-likeness (QED) is 0.400. The van der Waals surface area contributed by atoms with Crippen molar-refractivity contribution in [2.45, 2.75) is 25.8 Å². The summed E-state index contributed by atoms with van der Waals surface area (Å²) >= 11 is 0. The maximum atomic E-state index is 13.2. The van der Waals surface area contributed by atoms with Gasteiger partial charge in [0.25, 0.3) is 0 Å². The van der Waals surface area contributed by atoms with Crippen LogP contribution < -0.4 is 0 Å². The molecule has 0 bridgehead atoms. The van der Waals surface area contributed by atoms with Gasteiger partial charge in [-0.05, 0) is 56.1 Å². The van der Waals surface area contributed by atoms with Crippen LogP contribution in [0.15, 0.2) is 61.2 Å². The van der Waals surface area contributed by atoms with Crippen LogP contribution in [0.2, 0.25) is 0 Å². The average Bonchev–Trinajstić information content (AvgIpc) is 3.30. The number of benzene rings is 1. The Kier molecular flexibility index (Phi) is 6.21. The maximum absolute atomic E-state index is 13.2. The van der Waals surface area contributed by atoms with E-state index in [4.69, 9.17) is 0 Å². The zero-order valence-electron chi connectivity index (χ0n) is 20.9. The number of piperazine rings is 1. The molecule has 0 unspecified atom stereocenters. The fourth-order valence-electron chi connectivity index (χ4n) is 4.77. The largest absolute Gasteiger partial charge is 0.304 e. The second kappa shape index (κ2) is 9.32. The molecular weight excluding hydrogens is 436 g/mol. The zero-order valence-corrected chi connectivity index (χ0v) is 20.9. The number of ketones is 1.